The highest BCUT2D eigenvalue weighted by Gasteiger charge is 2.33. The molecule has 1 fully saturated rings. The first kappa shape index (κ1) is 18.6. The van der Waals surface area contributed by atoms with Gasteiger partial charge in [0.25, 0.3) is 5.91 Å². The van der Waals surface area contributed by atoms with Gasteiger partial charge in [0, 0.05) is 11.8 Å². The molecule has 0 radical (unpaired) electrons. The Bertz CT molecular complexity index is 832. The van der Waals surface area contributed by atoms with Crippen molar-refractivity contribution in [3.8, 4) is 11.8 Å². The number of esters is 1. The third-order valence-corrected chi connectivity index (χ3v) is 4.67. The smallest absolute Gasteiger partial charge is 0.310 e. The molecule has 3 rings (SSSR count). The molecule has 1 aliphatic carbocycles. The zero-order valence-corrected chi connectivity index (χ0v) is 15.1. The van der Waals surface area contributed by atoms with Crippen molar-refractivity contribution in [3.05, 3.63) is 48.3 Å². The monoisotopic (exact) mass is 366 g/mol. The second-order valence-corrected chi connectivity index (χ2v) is 6.77. The fourth-order valence-electron chi connectivity index (χ4n) is 3.26. The highest BCUT2D eigenvalue weighted by molar-refractivity contribution is 5.82. The molecular weight excluding hydrogens is 344 g/mol. The fraction of sp³-hybridized carbons (Fsp3) is 0.400. The average molecular weight is 366 g/mol. The maximum atomic E-state index is 12.1. The molecule has 0 atom stereocenters. The quantitative estimate of drug-likeness (QED) is 0.791. The van der Waals surface area contributed by atoms with Crippen LogP contribution in [0.15, 0.2) is 42.7 Å². The van der Waals surface area contributed by atoms with Crippen LogP contribution in [0.2, 0.25) is 0 Å². The molecular formula is C20H22N4O3. The lowest BCUT2D eigenvalue weighted by Gasteiger charge is -2.31. The van der Waals surface area contributed by atoms with Crippen molar-refractivity contribution in [1.82, 2.24) is 15.1 Å². The number of hydrogen-bond donors (Lipinski definition) is 1. The Morgan fingerprint density at radius 1 is 1.22 bits per heavy atom. The van der Waals surface area contributed by atoms with Crippen molar-refractivity contribution in [2.75, 3.05) is 6.61 Å². The van der Waals surface area contributed by atoms with Gasteiger partial charge in [-0.2, -0.15) is 10.4 Å². The van der Waals surface area contributed by atoms with Gasteiger partial charge in [-0.05, 0) is 25.0 Å². The van der Waals surface area contributed by atoms with Crippen LogP contribution in [0.5, 0.6) is 0 Å². The normalized spacial score (nSPS) is 15.5. The summed E-state index contributed by atoms with van der Waals surface area (Å²) in [7, 11) is 0. The minimum atomic E-state index is -0.821. The lowest BCUT2D eigenvalue weighted by atomic mass is 9.83. The summed E-state index contributed by atoms with van der Waals surface area (Å²) in [5, 5.41) is 16.3. The van der Waals surface area contributed by atoms with E-state index in [4.69, 9.17) is 4.74 Å². The molecule has 1 heterocycles. The number of carbonyl (C=O) groups is 2. The third kappa shape index (κ3) is 4.94. The number of ether oxygens (including phenoxy) is 1. The Balaban J connectivity index is 1.48. The van der Waals surface area contributed by atoms with Crippen molar-refractivity contribution in [1.29, 1.82) is 5.26 Å². The molecule has 7 heteroatoms. The zero-order chi connectivity index (χ0) is 19.1. The summed E-state index contributed by atoms with van der Waals surface area (Å²) in [4.78, 5) is 24.1. The molecule has 0 aliphatic heterocycles. The first-order valence-electron chi connectivity index (χ1n) is 9.07. The molecule has 0 bridgehead atoms. The predicted molar refractivity (Wildman–Crippen MR) is 97.8 cm³/mol. The van der Waals surface area contributed by atoms with Crippen LogP contribution in [0.25, 0.3) is 5.69 Å². The van der Waals surface area contributed by atoms with E-state index in [1.165, 1.54) is 0 Å². The van der Waals surface area contributed by atoms with Crippen LogP contribution in [-0.2, 0) is 20.7 Å². The Morgan fingerprint density at radius 2 is 1.96 bits per heavy atom. The van der Waals surface area contributed by atoms with E-state index in [2.05, 4.69) is 16.5 Å². The molecule has 140 valence electrons. The van der Waals surface area contributed by atoms with E-state index in [9.17, 15) is 14.9 Å². The lowest BCUT2D eigenvalue weighted by molar-refractivity contribution is -0.148. The number of amides is 1. The second-order valence-electron chi connectivity index (χ2n) is 6.77. The average Bonchev–Trinajstić information content (AvgIpc) is 3.16. The summed E-state index contributed by atoms with van der Waals surface area (Å²) in [5.74, 6) is -0.945. The maximum absolute atomic E-state index is 12.1. The van der Waals surface area contributed by atoms with E-state index in [1.807, 2.05) is 30.3 Å². The predicted octanol–water partition coefficient (Wildman–Crippen LogP) is 2.30. The SMILES string of the molecule is N#CC1(NC(=O)COC(=O)Cc2cnn(-c3ccccc3)c2)CCCCC1. The van der Waals surface area contributed by atoms with Crippen LogP contribution >= 0.6 is 0 Å². The van der Waals surface area contributed by atoms with Crippen LogP contribution < -0.4 is 5.32 Å². The summed E-state index contributed by atoms with van der Waals surface area (Å²) in [6.07, 6.45) is 7.57. The first-order valence-corrected chi connectivity index (χ1v) is 9.07. The molecule has 1 saturated carbocycles. The van der Waals surface area contributed by atoms with Gasteiger partial charge in [-0.25, -0.2) is 4.68 Å². The second kappa shape index (κ2) is 8.49. The summed E-state index contributed by atoms with van der Waals surface area (Å²) >= 11 is 0. The fourth-order valence-corrected chi connectivity index (χ4v) is 3.26. The van der Waals surface area contributed by atoms with Gasteiger partial charge in [0.05, 0.1) is 24.4 Å². The number of benzene rings is 1. The van der Waals surface area contributed by atoms with E-state index < -0.39 is 17.4 Å². The van der Waals surface area contributed by atoms with Crippen molar-refractivity contribution in [3.63, 3.8) is 0 Å². The molecule has 27 heavy (non-hydrogen) atoms. The molecule has 2 aromatic rings. The van der Waals surface area contributed by atoms with Gasteiger partial charge in [0.2, 0.25) is 0 Å². The minimum absolute atomic E-state index is 0.0313. The Morgan fingerprint density at radius 3 is 2.67 bits per heavy atom. The summed E-state index contributed by atoms with van der Waals surface area (Å²) < 4.78 is 6.73. The van der Waals surface area contributed by atoms with Gasteiger partial charge in [-0.15, -0.1) is 0 Å². The molecule has 1 N–H and O–H groups in total. The molecule has 1 amide bonds. The van der Waals surface area contributed by atoms with Crippen LogP contribution in [0.1, 0.15) is 37.7 Å². The van der Waals surface area contributed by atoms with Gasteiger partial charge in [-0.3, -0.25) is 9.59 Å². The highest BCUT2D eigenvalue weighted by Crippen LogP contribution is 2.27. The van der Waals surface area contributed by atoms with E-state index in [1.54, 1.807) is 17.1 Å². The molecule has 1 aromatic carbocycles. The molecule has 0 saturated heterocycles. The van der Waals surface area contributed by atoms with E-state index in [0.29, 0.717) is 18.4 Å². The number of nitrogens with one attached hydrogen (secondary N) is 1. The number of carbonyl (C=O) groups excluding carboxylic acids is 2. The maximum Gasteiger partial charge on any atom is 0.310 e. The van der Waals surface area contributed by atoms with Gasteiger partial charge in [-0.1, -0.05) is 37.5 Å². The third-order valence-electron chi connectivity index (χ3n) is 4.67. The van der Waals surface area contributed by atoms with Crippen LogP contribution in [-0.4, -0.2) is 33.8 Å². The molecule has 0 spiro atoms. The number of nitriles is 1. The number of para-hydroxylation sites is 1. The van der Waals surface area contributed by atoms with E-state index in [0.717, 1.165) is 24.9 Å². The molecule has 7 nitrogen and oxygen atoms in total. The summed E-state index contributed by atoms with van der Waals surface area (Å²) in [6.45, 7) is -0.380. The number of rotatable bonds is 6. The standard InChI is InChI=1S/C20H22N4O3/c21-15-20(9-5-2-6-10-20)23-18(25)14-27-19(26)11-16-12-22-24(13-16)17-7-3-1-4-8-17/h1,3-4,7-8,12-13H,2,5-6,9-11,14H2,(H,23,25). The zero-order valence-electron chi connectivity index (χ0n) is 15.1. The summed E-state index contributed by atoms with van der Waals surface area (Å²) in [6, 6.07) is 11.8. The van der Waals surface area contributed by atoms with E-state index >= 15 is 0 Å². The van der Waals surface area contributed by atoms with Gasteiger partial charge in [0.1, 0.15) is 5.54 Å². The number of nitrogens with zero attached hydrogens (tertiary/aromatic N) is 3. The topological polar surface area (TPSA) is 97.0 Å². The van der Waals surface area contributed by atoms with Crippen LogP contribution in [0, 0.1) is 11.3 Å². The van der Waals surface area contributed by atoms with Crippen molar-refractivity contribution in [2.24, 2.45) is 0 Å². The molecule has 0 unspecified atom stereocenters. The number of aromatic nitrogens is 2. The van der Waals surface area contributed by atoms with Crippen molar-refractivity contribution in [2.45, 2.75) is 44.1 Å². The lowest BCUT2D eigenvalue weighted by Crippen LogP contribution is -2.50. The van der Waals surface area contributed by atoms with Gasteiger partial charge >= 0.3 is 5.97 Å². The first-order chi connectivity index (χ1) is 13.1. The molecule has 1 aliphatic rings. The Hall–Kier alpha value is -3.14. The van der Waals surface area contributed by atoms with E-state index in [-0.39, 0.29) is 13.0 Å². The minimum Gasteiger partial charge on any atom is -0.455 e. The van der Waals surface area contributed by atoms with Gasteiger partial charge < -0.3 is 10.1 Å². The largest absolute Gasteiger partial charge is 0.455 e. The van der Waals surface area contributed by atoms with Gasteiger partial charge in [0.15, 0.2) is 6.61 Å². The Kier molecular flexibility index (Phi) is 5.87. The van der Waals surface area contributed by atoms with Crippen molar-refractivity contribution < 1.29 is 14.3 Å². The Labute approximate surface area is 157 Å². The molecule has 1 aromatic heterocycles. The van der Waals surface area contributed by atoms with Crippen LogP contribution in [0.3, 0.4) is 0 Å². The number of hydrogen-bond acceptors (Lipinski definition) is 5. The van der Waals surface area contributed by atoms with Crippen molar-refractivity contribution >= 4 is 11.9 Å². The highest BCUT2D eigenvalue weighted by atomic mass is 16.5. The summed E-state index contributed by atoms with van der Waals surface area (Å²) in [5.41, 5.74) is 0.772. The van der Waals surface area contributed by atoms with Crippen LogP contribution in [0.4, 0.5) is 0 Å².